The summed E-state index contributed by atoms with van der Waals surface area (Å²) in [4.78, 5) is 24.0. The second-order valence-corrected chi connectivity index (χ2v) is 4.64. The molecule has 2 aromatic heterocycles. The molecule has 0 spiro atoms. The second kappa shape index (κ2) is 6.57. The lowest BCUT2D eigenvalue weighted by molar-refractivity contribution is -0.116. The minimum Gasteiger partial charge on any atom is -0.311 e. The third-order valence-electron chi connectivity index (χ3n) is 3.06. The predicted octanol–water partition coefficient (Wildman–Crippen LogP) is 1.63. The van der Waals surface area contributed by atoms with Crippen molar-refractivity contribution in [1.29, 1.82) is 0 Å². The van der Waals surface area contributed by atoms with Gasteiger partial charge in [0.1, 0.15) is 24.8 Å². The molecule has 0 aliphatic rings. The van der Waals surface area contributed by atoms with Crippen molar-refractivity contribution >= 4 is 11.7 Å². The van der Waals surface area contributed by atoms with Crippen LogP contribution in [0, 0.1) is 0 Å². The number of aryl methyl sites for hydroxylation is 1. The van der Waals surface area contributed by atoms with Gasteiger partial charge in [0, 0.05) is 12.5 Å². The van der Waals surface area contributed by atoms with E-state index in [4.69, 9.17) is 0 Å². The van der Waals surface area contributed by atoms with Crippen LogP contribution in [0.3, 0.4) is 0 Å². The van der Waals surface area contributed by atoms with Gasteiger partial charge in [-0.1, -0.05) is 30.3 Å². The molecule has 7 heteroatoms. The van der Waals surface area contributed by atoms with Crippen molar-refractivity contribution in [2.24, 2.45) is 0 Å². The largest absolute Gasteiger partial charge is 0.311 e. The van der Waals surface area contributed by atoms with Crippen molar-refractivity contribution in [2.45, 2.75) is 12.8 Å². The van der Waals surface area contributed by atoms with E-state index in [2.05, 4.69) is 25.4 Å². The molecule has 2 heterocycles. The van der Waals surface area contributed by atoms with Gasteiger partial charge in [-0.15, -0.1) is 0 Å². The van der Waals surface area contributed by atoms with Gasteiger partial charge in [-0.3, -0.25) is 4.79 Å². The van der Waals surface area contributed by atoms with Crippen LogP contribution >= 0.6 is 0 Å². The summed E-state index contributed by atoms with van der Waals surface area (Å²) in [7, 11) is 0. The van der Waals surface area contributed by atoms with Crippen molar-refractivity contribution < 1.29 is 4.79 Å². The summed E-state index contributed by atoms with van der Waals surface area (Å²) >= 11 is 0. The zero-order valence-corrected chi connectivity index (χ0v) is 11.8. The third kappa shape index (κ3) is 3.51. The molecular weight excluding hydrogens is 280 g/mol. The number of amides is 1. The Kier molecular flexibility index (Phi) is 4.15. The van der Waals surface area contributed by atoms with Crippen molar-refractivity contribution in [3.05, 3.63) is 60.9 Å². The molecule has 0 saturated heterocycles. The summed E-state index contributed by atoms with van der Waals surface area (Å²) in [6, 6.07) is 11.5. The molecule has 1 N–H and O–H groups in total. The lowest BCUT2D eigenvalue weighted by atomic mass is 10.1. The quantitative estimate of drug-likeness (QED) is 0.773. The average molecular weight is 294 g/mol. The van der Waals surface area contributed by atoms with Gasteiger partial charge in [0.05, 0.1) is 0 Å². The van der Waals surface area contributed by atoms with Crippen LogP contribution in [-0.2, 0) is 11.2 Å². The Morgan fingerprint density at radius 1 is 1.14 bits per heavy atom. The number of anilines is 1. The first kappa shape index (κ1) is 13.9. The minimum atomic E-state index is -0.0907. The number of hydrogen-bond acceptors (Lipinski definition) is 5. The monoisotopic (exact) mass is 294 g/mol. The van der Waals surface area contributed by atoms with E-state index in [9.17, 15) is 4.79 Å². The van der Waals surface area contributed by atoms with Crippen LogP contribution < -0.4 is 5.32 Å². The fraction of sp³-hybridized carbons (Fsp3) is 0.133. The summed E-state index contributed by atoms with van der Waals surface area (Å²) < 4.78 is 1.50. The van der Waals surface area contributed by atoms with Crippen LogP contribution in [0.15, 0.2) is 55.4 Å². The number of hydrogen-bond donors (Lipinski definition) is 1. The summed E-state index contributed by atoms with van der Waals surface area (Å²) in [6.07, 6.45) is 5.41. The number of carbonyl (C=O) groups excluding carboxylic acids is 1. The molecule has 0 bridgehead atoms. The number of benzene rings is 1. The number of aromatic nitrogens is 5. The fourth-order valence-corrected chi connectivity index (χ4v) is 1.98. The number of carbonyl (C=O) groups is 1. The summed E-state index contributed by atoms with van der Waals surface area (Å²) in [5, 5.41) is 6.75. The average Bonchev–Trinajstić information content (AvgIpc) is 3.09. The fourth-order valence-electron chi connectivity index (χ4n) is 1.98. The maximum absolute atomic E-state index is 12.0. The van der Waals surface area contributed by atoms with Crippen LogP contribution in [0.2, 0.25) is 0 Å². The number of nitrogens with one attached hydrogen (secondary N) is 1. The van der Waals surface area contributed by atoms with Crippen LogP contribution in [0.5, 0.6) is 0 Å². The predicted molar refractivity (Wildman–Crippen MR) is 80.3 cm³/mol. The Balaban J connectivity index is 1.61. The lowest BCUT2D eigenvalue weighted by Crippen LogP contribution is -2.14. The van der Waals surface area contributed by atoms with E-state index >= 15 is 0 Å². The first-order chi connectivity index (χ1) is 10.8. The summed E-state index contributed by atoms with van der Waals surface area (Å²) in [6.45, 7) is 0. The van der Waals surface area contributed by atoms with Gasteiger partial charge in [0.15, 0.2) is 5.82 Å². The number of rotatable bonds is 5. The lowest BCUT2D eigenvalue weighted by Gasteiger charge is -2.06. The first-order valence-corrected chi connectivity index (χ1v) is 6.82. The molecule has 22 heavy (non-hydrogen) atoms. The molecule has 0 aliphatic heterocycles. The molecule has 7 nitrogen and oxygen atoms in total. The van der Waals surface area contributed by atoms with Crippen LogP contribution in [-0.4, -0.2) is 30.6 Å². The summed E-state index contributed by atoms with van der Waals surface area (Å²) in [5.74, 6) is 0.900. The van der Waals surface area contributed by atoms with Gasteiger partial charge in [0.2, 0.25) is 5.91 Å². The smallest absolute Gasteiger partial charge is 0.225 e. The maximum Gasteiger partial charge on any atom is 0.225 e. The number of nitrogens with zero attached hydrogens (tertiary/aromatic N) is 5. The Bertz CT molecular complexity index is 742. The SMILES string of the molecule is O=C(CCc1ccccc1)Nc1cc(-n2cncn2)ncn1. The third-order valence-corrected chi connectivity index (χ3v) is 3.06. The molecule has 1 aromatic carbocycles. The molecule has 0 radical (unpaired) electrons. The van der Waals surface area contributed by atoms with Gasteiger partial charge in [0.25, 0.3) is 0 Å². The molecule has 0 unspecified atom stereocenters. The molecule has 3 aromatic rings. The van der Waals surface area contributed by atoms with Crippen molar-refractivity contribution in [1.82, 2.24) is 24.7 Å². The van der Waals surface area contributed by atoms with Crippen molar-refractivity contribution in [2.75, 3.05) is 5.32 Å². The molecule has 0 atom stereocenters. The van der Waals surface area contributed by atoms with Crippen LogP contribution in [0.4, 0.5) is 5.82 Å². The summed E-state index contributed by atoms with van der Waals surface area (Å²) in [5.41, 5.74) is 1.13. The maximum atomic E-state index is 12.0. The topological polar surface area (TPSA) is 85.6 Å². The normalized spacial score (nSPS) is 10.4. The highest BCUT2D eigenvalue weighted by Gasteiger charge is 2.06. The van der Waals surface area contributed by atoms with E-state index in [-0.39, 0.29) is 5.91 Å². The highest BCUT2D eigenvalue weighted by Crippen LogP contribution is 2.09. The van der Waals surface area contributed by atoms with E-state index in [1.54, 1.807) is 6.07 Å². The van der Waals surface area contributed by atoms with E-state index < -0.39 is 0 Å². The van der Waals surface area contributed by atoms with Gasteiger partial charge < -0.3 is 5.32 Å². The van der Waals surface area contributed by atoms with E-state index in [1.807, 2.05) is 30.3 Å². The second-order valence-electron chi connectivity index (χ2n) is 4.64. The zero-order chi connectivity index (χ0) is 15.2. The zero-order valence-electron chi connectivity index (χ0n) is 11.8. The van der Waals surface area contributed by atoms with Gasteiger partial charge in [-0.25, -0.2) is 19.6 Å². The van der Waals surface area contributed by atoms with Crippen LogP contribution in [0.1, 0.15) is 12.0 Å². The molecule has 3 rings (SSSR count). The molecule has 0 aliphatic carbocycles. The minimum absolute atomic E-state index is 0.0907. The van der Waals surface area contributed by atoms with E-state index in [1.165, 1.54) is 23.7 Å². The standard InChI is InChI=1S/C15H14N6O/c22-15(7-6-12-4-2-1-3-5-12)20-13-8-14(18-10-17-13)21-11-16-9-19-21/h1-5,8-11H,6-7H2,(H,17,18,20,22). The Morgan fingerprint density at radius 3 is 2.77 bits per heavy atom. The molecule has 0 fully saturated rings. The van der Waals surface area contributed by atoms with Crippen LogP contribution in [0.25, 0.3) is 5.82 Å². The van der Waals surface area contributed by atoms with Gasteiger partial charge >= 0.3 is 0 Å². The molecule has 110 valence electrons. The van der Waals surface area contributed by atoms with E-state index in [0.29, 0.717) is 24.5 Å². The molecular formula is C15H14N6O. The Morgan fingerprint density at radius 2 is 2.00 bits per heavy atom. The van der Waals surface area contributed by atoms with Gasteiger partial charge in [-0.2, -0.15) is 5.10 Å². The van der Waals surface area contributed by atoms with Crippen molar-refractivity contribution in [3.63, 3.8) is 0 Å². The Labute approximate surface area is 127 Å². The molecule has 0 saturated carbocycles. The highest BCUT2D eigenvalue weighted by atomic mass is 16.1. The molecule has 1 amide bonds. The van der Waals surface area contributed by atoms with Gasteiger partial charge in [-0.05, 0) is 12.0 Å². The Hall–Kier alpha value is -3.09. The van der Waals surface area contributed by atoms with Crippen molar-refractivity contribution in [3.8, 4) is 5.82 Å². The first-order valence-electron chi connectivity index (χ1n) is 6.82. The van der Waals surface area contributed by atoms with E-state index in [0.717, 1.165) is 5.56 Å². The highest BCUT2D eigenvalue weighted by molar-refractivity contribution is 5.89.